The molecule has 3 N–H and O–H groups in total. The molecule has 0 amide bonds. The van der Waals surface area contributed by atoms with Gasteiger partial charge in [0, 0.05) is 73.3 Å². The third-order valence-electron chi connectivity index (χ3n) is 7.60. The molecule has 42 heavy (non-hydrogen) atoms. The van der Waals surface area contributed by atoms with Gasteiger partial charge >= 0.3 is 0 Å². The van der Waals surface area contributed by atoms with E-state index in [0.717, 1.165) is 34.0 Å². The second kappa shape index (κ2) is 15.2. The third-order valence-corrected chi connectivity index (χ3v) is 11.1. The summed E-state index contributed by atoms with van der Waals surface area (Å²) in [5, 5.41) is 11.9. The zero-order valence-electron chi connectivity index (χ0n) is 24.3. The summed E-state index contributed by atoms with van der Waals surface area (Å²) in [5.74, 6) is -0.515. The van der Waals surface area contributed by atoms with Crippen molar-refractivity contribution < 1.29 is 13.9 Å². The maximum Gasteiger partial charge on any atom is 0.123 e. The smallest absolute Gasteiger partial charge is 0.123 e. The van der Waals surface area contributed by atoms with E-state index in [0.29, 0.717) is 10.9 Å². The minimum atomic E-state index is -0.788. The molecule has 8 heteroatoms. The highest BCUT2D eigenvalue weighted by atomic mass is 28.3. The summed E-state index contributed by atoms with van der Waals surface area (Å²) in [7, 11) is -0.171. The highest BCUT2D eigenvalue weighted by molar-refractivity contribution is 6.58. The molecule has 4 aromatic heterocycles. The molecule has 5 nitrogen and oxygen atoms in total. The number of hydrogen-bond acceptors (Lipinski definition) is 3. The second-order valence-corrected chi connectivity index (χ2v) is 14.4. The molecule has 0 aliphatic heterocycles. The first kappa shape index (κ1) is 30.8. The average molecular weight is 585 g/mol. The number of aromatic amines is 2. The quantitative estimate of drug-likeness (QED) is 0.165. The molecular weight excluding hydrogens is 546 g/mol. The maximum absolute atomic E-state index is 13.3. The Morgan fingerprint density at radius 3 is 1.81 bits per heavy atom. The fourth-order valence-electron chi connectivity index (χ4n) is 4.95. The molecule has 1 unspecified atom stereocenters. The van der Waals surface area contributed by atoms with Gasteiger partial charge in [-0.05, 0) is 83.8 Å². The first-order chi connectivity index (χ1) is 20.4. The van der Waals surface area contributed by atoms with E-state index in [1.807, 2.05) is 18.3 Å². The van der Waals surface area contributed by atoms with Gasteiger partial charge in [0.15, 0.2) is 0 Å². The minimum Gasteiger partial charge on any atom is -0.384 e. The van der Waals surface area contributed by atoms with Crippen LogP contribution in [0.3, 0.4) is 0 Å². The van der Waals surface area contributed by atoms with Gasteiger partial charge in [-0.15, -0.1) is 0 Å². The lowest BCUT2D eigenvalue weighted by molar-refractivity contribution is 0.222. The van der Waals surface area contributed by atoms with E-state index < -0.39 is 6.10 Å². The fourth-order valence-corrected chi connectivity index (χ4v) is 6.68. The van der Waals surface area contributed by atoms with Crippen LogP contribution in [0.5, 0.6) is 0 Å². The van der Waals surface area contributed by atoms with E-state index in [2.05, 4.69) is 40.7 Å². The monoisotopic (exact) mass is 584 g/mol. The minimum absolute atomic E-state index is 0.171. The van der Waals surface area contributed by atoms with Gasteiger partial charge in [0.2, 0.25) is 0 Å². The van der Waals surface area contributed by atoms with Gasteiger partial charge in [-0.25, -0.2) is 8.78 Å². The van der Waals surface area contributed by atoms with E-state index in [-0.39, 0.29) is 20.4 Å². The van der Waals surface area contributed by atoms with Crippen LogP contribution >= 0.6 is 0 Å². The maximum atomic E-state index is 13.3. The van der Waals surface area contributed by atoms with Crippen LogP contribution in [0.2, 0.25) is 18.1 Å². The first-order valence-corrected chi connectivity index (χ1v) is 16.9. The number of aliphatic hydroxyl groups is 1. The Morgan fingerprint density at radius 1 is 0.714 bits per heavy atom. The van der Waals surface area contributed by atoms with Crippen LogP contribution in [-0.2, 0) is 6.42 Å². The SMILES string of the molecule is CC[SiH](CC)CC.Fc1ccc2[nH]cc(Cc3ccncc3)c2c1.OC(c1ccncc1)c1c[nH]c2ccc(F)cc12. The summed E-state index contributed by atoms with van der Waals surface area (Å²) < 4.78 is 26.5. The van der Waals surface area contributed by atoms with E-state index >= 15 is 0 Å². The average Bonchev–Trinajstić information content (AvgIpc) is 3.63. The van der Waals surface area contributed by atoms with E-state index in [1.165, 1.54) is 41.9 Å². The van der Waals surface area contributed by atoms with Gasteiger partial charge in [-0.3, -0.25) is 9.97 Å². The Kier molecular flexibility index (Phi) is 11.1. The lowest BCUT2D eigenvalue weighted by Gasteiger charge is -2.09. The van der Waals surface area contributed by atoms with Crippen LogP contribution in [0.15, 0.2) is 97.8 Å². The Balaban J connectivity index is 0.000000159. The Bertz CT molecular complexity index is 1660. The predicted octanol–water partition coefficient (Wildman–Crippen LogP) is 8.35. The van der Waals surface area contributed by atoms with Gasteiger partial charge in [0.05, 0.1) is 0 Å². The Labute approximate surface area is 247 Å². The lowest BCUT2D eigenvalue weighted by atomic mass is 10.0. The number of pyridine rings is 2. The van der Waals surface area contributed by atoms with Gasteiger partial charge in [0.1, 0.15) is 17.7 Å². The summed E-state index contributed by atoms with van der Waals surface area (Å²) in [6.45, 7) is 6.97. The molecule has 1 atom stereocenters. The molecule has 6 rings (SSSR count). The first-order valence-electron chi connectivity index (χ1n) is 14.4. The Morgan fingerprint density at radius 2 is 1.24 bits per heavy atom. The summed E-state index contributed by atoms with van der Waals surface area (Å²) in [6, 6.07) is 21.2. The lowest BCUT2D eigenvalue weighted by Crippen LogP contribution is -2.04. The summed E-state index contributed by atoms with van der Waals surface area (Å²) >= 11 is 0. The number of benzene rings is 2. The number of nitrogens with zero attached hydrogens (tertiary/aromatic N) is 2. The summed E-state index contributed by atoms with van der Waals surface area (Å²) in [6.07, 6.45) is 10.4. The zero-order chi connectivity index (χ0) is 29.9. The molecule has 0 saturated heterocycles. The van der Waals surface area contributed by atoms with Crippen LogP contribution < -0.4 is 0 Å². The van der Waals surface area contributed by atoms with Gasteiger partial charge in [0.25, 0.3) is 0 Å². The van der Waals surface area contributed by atoms with Crippen molar-refractivity contribution in [1.82, 2.24) is 19.9 Å². The number of halogens is 2. The molecule has 0 bridgehead atoms. The van der Waals surface area contributed by atoms with Crippen molar-refractivity contribution in [2.75, 3.05) is 0 Å². The van der Waals surface area contributed by atoms with Gasteiger partial charge < -0.3 is 15.1 Å². The second-order valence-electron chi connectivity index (χ2n) is 10.2. The number of aromatic nitrogens is 4. The van der Waals surface area contributed by atoms with Crippen LogP contribution in [0.1, 0.15) is 49.1 Å². The molecule has 0 saturated carbocycles. The van der Waals surface area contributed by atoms with Crippen molar-refractivity contribution in [3.63, 3.8) is 0 Å². The largest absolute Gasteiger partial charge is 0.384 e. The summed E-state index contributed by atoms with van der Waals surface area (Å²) in [4.78, 5) is 14.1. The van der Waals surface area contributed by atoms with Crippen molar-refractivity contribution in [2.45, 2.75) is 51.4 Å². The molecule has 218 valence electrons. The van der Waals surface area contributed by atoms with Gasteiger partial charge in [-0.2, -0.15) is 0 Å². The zero-order valence-corrected chi connectivity index (χ0v) is 25.5. The molecule has 0 aliphatic rings. The normalized spacial score (nSPS) is 11.6. The molecule has 0 spiro atoms. The highest BCUT2D eigenvalue weighted by Gasteiger charge is 2.15. The molecule has 0 radical (unpaired) electrons. The number of nitrogens with one attached hydrogen (secondary N) is 2. The molecule has 4 heterocycles. The number of H-pyrrole nitrogens is 2. The number of fused-ring (bicyclic) bond motifs is 2. The topological polar surface area (TPSA) is 77.6 Å². The summed E-state index contributed by atoms with van der Waals surface area (Å²) in [5.41, 5.74) is 5.44. The van der Waals surface area contributed by atoms with Gasteiger partial charge in [-0.1, -0.05) is 38.9 Å². The highest BCUT2D eigenvalue weighted by Crippen LogP contribution is 2.29. The van der Waals surface area contributed by atoms with E-state index in [4.69, 9.17) is 0 Å². The van der Waals surface area contributed by atoms with Crippen molar-refractivity contribution in [1.29, 1.82) is 0 Å². The van der Waals surface area contributed by atoms with Crippen molar-refractivity contribution in [3.8, 4) is 0 Å². The molecule has 6 aromatic rings. The number of aliphatic hydroxyl groups excluding tert-OH is 1. The third kappa shape index (κ3) is 7.99. The fraction of sp³-hybridized carbons (Fsp3) is 0.235. The van der Waals surface area contributed by atoms with Crippen molar-refractivity contribution in [3.05, 3.63) is 132 Å². The Hall–Kier alpha value is -4.14. The standard InChI is InChI=1S/C14H11FN2O.C14H11FN2.C6H16Si/c15-10-1-2-13-11(7-10)12(8-17-13)14(18)9-3-5-16-6-4-9;15-12-1-2-14-13(8-12)11(9-17-14)7-10-3-5-16-6-4-10;1-4-7(5-2)6-3/h1-8,14,17-18H;1-6,8-9,17H,7H2;7H,4-6H2,1-3H3. The predicted molar refractivity (Wildman–Crippen MR) is 170 cm³/mol. The molecular formula is C34H38F2N4OSi. The van der Waals surface area contributed by atoms with Crippen molar-refractivity contribution in [2.24, 2.45) is 0 Å². The van der Waals surface area contributed by atoms with Crippen LogP contribution in [0.4, 0.5) is 8.78 Å². The number of hydrogen-bond donors (Lipinski definition) is 3. The number of rotatable bonds is 7. The van der Waals surface area contributed by atoms with E-state index in [9.17, 15) is 13.9 Å². The van der Waals surface area contributed by atoms with E-state index in [1.54, 1.807) is 61.3 Å². The van der Waals surface area contributed by atoms with Crippen LogP contribution in [0.25, 0.3) is 21.8 Å². The van der Waals surface area contributed by atoms with Crippen molar-refractivity contribution >= 4 is 30.6 Å². The van der Waals surface area contributed by atoms with Crippen LogP contribution in [-0.4, -0.2) is 33.8 Å². The molecule has 2 aromatic carbocycles. The molecule has 0 aliphatic carbocycles. The van der Waals surface area contributed by atoms with Crippen LogP contribution in [0, 0.1) is 11.6 Å². The molecule has 0 fully saturated rings.